The lowest BCUT2D eigenvalue weighted by atomic mass is 10.1. The number of aromatic nitrogens is 3. The van der Waals surface area contributed by atoms with Crippen LogP contribution in [0.15, 0.2) is 77.9 Å². The van der Waals surface area contributed by atoms with Gasteiger partial charge in [0.25, 0.3) is 0 Å². The number of rotatable bonds is 4. The molecule has 0 aliphatic heterocycles. The molecule has 0 unspecified atom stereocenters. The first-order chi connectivity index (χ1) is 13.3. The van der Waals surface area contributed by atoms with Crippen molar-refractivity contribution in [2.75, 3.05) is 7.11 Å². The molecule has 0 fully saturated rings. The molecule has 0 saturated heterocycles. The Kier molecular flexibility index (Phi) is 4.49. The maximum Gasteiger partial charge on any atom is 0.234 e. The van der Waals surface area contributed by atoms with Gasteiger partial charge in [0.1, 0.15) is 5.75 Å². The molecule has 2 heterocycles. The summed E-state index contributed by atoms with van der Waals surface area (Å²) in [6, 6.07) is 18.5. The molecular weight excluding hydrogens is 338 g/mol. The van der Waals surface area contributed by atoms with E-state index in [4.69, 9.17) is 4.74 Å². The Hall–Kier alpha value is -3.73. The number of ether oxygens (including phenoxy) is 1. The van der Waals surface area contributed by atoms with Crippen LogP contribution in [0.1, 0.15) is 11.3 Å². The molecule has 0 saturated carbocycles. The number of hydrogen-bond donors (Lipinski definition) is 0. The standard InChI is InChI=1S/C22H17N3O2/c1-27-18-7-4-6-16(14-18)10-11-17-15-21(26)19-8-2-3-9-20(19)25(17)22-23-12-5-13-24-22/h2-15H,1H3/b11-10+. The summed E-state index contributed by atoms with van der Waals surface area (Å²) in [5.74, 6) is 1.29. The Morgan fingerprint density at radius 3 is 2.56 bits per heavy atom. The zero-order valence-electron chi connectivity index (χ0n) is 14.7. The second-order valence-corrected chi connectivity index (χ2v) is 5.94. The van der Waals surface area contributed by atoms with Crippen LogP contribution < -0.4 is 10.2 Å². The topological polar surface area (TPSA) is 57.0 Å². The number of methoxy groups -OCH3 is 1. The molecule has 0 N–H and O–H groups in total. The van der Waals surface area contributed by atoms with E-state index in [-0.39, 0.29) is 5.43 Å². The average molecular weight is 355 g/mol. The Morgan fingerprint density at radius 1 is 0.926 bits per heavy atom. The third-order valence-corrected chi connectivity index (χ3v) is 4.24. The molecule has 0 bridgehead atoms. The van der Waals surface area contributed by atoms with E-state index in [0.717, 1.165) is 16.8 Å². The van der Waals surface area contributed by atoms with E-state index in [9.17, 15) is 4.79 Å². The third kappa shape index (κ3) is 3.35. The summed E-state index contributed by atoms with van der Waals surface area (Å²) >= 11 is 0. The summed E-state index contributed by atoms with van der Waals surface area (Å²) in [5, 5.41) is 0.628. The lowest BCUT2D eigenvalue weighted by Gasteiger charge is -2.13. The van der Waals surface area contributed by atoms with Crippen molar-refractivity contribution in [2.24, 2.45) is 0 Å². The van der Waals surface area contributed by atoms with Gasteiger partial charge in [0.05, 0.1) is 18.3 Å². The van der Waals surface area contributed by atoms with Gasteiger partial charge in [-0.15, -0.1) is 0 Å². The highest BCUT2D eigenvalue weighted by molar-refractivity contribution is 5.83. The molecule has 0 spiro atoms. The van der Waals surface area contributed by atoms with Crippen LogP contribution in [-0.4, -0.2) is 21.6 Å². The van der Waals surface area contributed by atoms with Crippen LogP contribution in [0.3, 0.4) is 0 Å². The van der Waals surface area contributed by atoms with Crippen molar-refractivity contribution >= 4 is 23.1 Å². The van der Waals surface area contributed by atoms with Crippen LogP contribution in [0.5, 0.6) is 5.75 Å². The Bertz CT molecular complexity index is 1180. The minimum absolute atomic E-state index is 0.0388. The van der Waals surface area contributed by atoms with E-state index >= 15 is 0 Å². The quantitative estimate of drug-likeness (QED) is 0.556. The number of pyridine rings is 1. The molecule has 0 radical (unpaired) electrons. The number of hydrogen-bond acceptors (Lipinski definition) is 4. The minimum Gasteiger partial charge on any atom is -0.497 e. The lowest BCUT2D eigenvalue weighted by molar-refractivity contribution is 0.414. The molecular formula is C22H17N3O2. The van der Waals surface area contributed by atoms with E-state index in [0.29, 0.717) is 17.0 Å². The normalized spacial score (nSPS) is 11.1. The van der Waals surface area contributed by atoms with E-state index in [2.05, 4.69) is 9.97 Å². The van der Waals surface area contributed by atoms with Gasteiger partial charge in [0.15, 0.2) is 5.43 Å². The second kappa shape index (κ2) is 7.25. The lowest BCUT2D eigenvalue weighted by Crippen LogP contribution is -2.12. The van der Waals surface area contributed by atoms with Crippen molar-refractivity contribution in [1.29, 1.82) is 0 Å². The molecule has 4 aromatic rings. The molecule has 2 aromatic heterocycles. The number of nitrogens with zero attached hydrogens (tertiary/aromatic N) is 3. The molecule has 4 rings (SSSR count). The van der Waals surface area contributed by atoms with Gasteiger partial charge in [-0.05, 0) is 42.0 Å². The van der Waals surface area contributed by atoms with Crippen LogP contribution in [0.25, 0.3) is 29.0 Å². The molecule has 0 aliphatic rings. The van der Waals surface area contributed by atoms with Gasteiger partial charge in [-0.1, -0.05) is 30.3 Å². The first kappa shape index (κ1) is 16.7. The Labute approximate surface area is 156 Å². The highest BCUT2D eigenvalue weighted by Gasteiger charge is 2.10. The fourth-order valence-electron chi connectivity index (χ4n) is 2.97. The monoisotopic (exact) mass is 355 g/mol. The maximum atomic E-state index is 12.6. The molecule has 5 nitrogen and oxygen atoms in total. The van der Waals surface area contributed by atoms with Crippen LogP contribution in [0.2, 0.25) is 0 Å². The summed E-state index contributed by atoms with van der Waals surface area (Å²) in [4.78, 5) is 21.3. The Balaban J connectivity index is 1.92. The summed E-state index contributed by atoms with van der Waals surface area (Å²) in [6.45, 7) is 0. The van der Waals surface area contributed by atoms with Crippen LogP contribution in [0.4, 0.5) is 0 Å². The molecule has 5 heteroatoms. The fraction of sp³-hybridized carbons (Fsp3) is 0.0455. The predicted molar refractivity (Wildman–Crippen MR) is 107 cm³/mol. The van der Waals surface area contributed by atoms with Crippen molar-refractivity contribution in [2.45, 2.75) is 0 Å². The van der Waals surface area contributed by atoms with Crippen molar-refractivity contribution in [3.8, 4) is 11.7 Å². The summed E-state index contributed by atoms with van der Waals surface area (Å²) in [5.41, 5.74) is 2.40. The van der Waals surface area contributed by atoms with Gasteiger partial charge in [-0.25, -0.2) is 9.97 Å². The van der Waals surface area contributed by atoms with Crippen molar-refractivity contribution in [3.05, 3.63) is 94.5 Å². The van der Waals surface area contributed by atoms with Crippen molar-refractivity contribution in [1.82, 2.24) is 14.5 Å². The third-order valence-electron chi connectivity index (χ3n) is 4.24. The largest absolute Gasteiger partial charge is 0.497 e. The number of benzene rings is 2. The SMILES string of the molecule is COc1cccc(/C=C/c2cc(=O)c3ccccc3n2-c2ncccn2)c1. The minimum atomic E-state index is -0.0388. The summed E-state index contributed by atoms with van der Waals surface area (Å²) < 4.78 is 7.15. The molecule has 2 aromatic carbocycles. The molecule has 132 valence electrons. The van der Waals surface area contributed by atoms with Gasteiger partial charge in [0.2, 0.25) is 5.95 Å². The highest BCUT2D eigenvalue weighted by Crippen LogP contribution is 2.19. The van der Waals surface area contributed by atoms with E-state index < -0.39 is 0 Å². The number of fused-ring (bicyclic) bond motifs is 1. The van der Waals surface area contributed by atoms with Gasteiger partial charge in [0, 0.05) is 23.8 Å². The van der Waals surface area contributed by atoms with E-state index in [1.807, 2.05) is 65.3 Å². The maximum absolute atomic E-state index is 12.6. The van der Waals surface area contributed by atoms with Gasteiger partial charge >= 0.3 is 0 Å². The predicted octanol–water partition coefficient (Wildman–Crippen LogP) is 3.96. The first-order valence-corrected chi connectivity index (χ1v) is 8.50. The zero-order valence-corrected chi connectivity index (χ0v) is 14.7. The van der Waals surface area contributed by atoms with E-state index in [1.54, 1.807) is 31.6 Å². The smallest absolute Gasteiger partial charge is 0.234 e. The van der Waals surface area contributed by atoms with Crippen molar-refractivity contribution < 1.29 is 4.74 Å². The average Bonchev–Trinajstić information content (AvgIpc) is 2.73. The highest BCUT2D eigenvalue weighted by atomic mass is 16.5. The van der Waals surface area contributed by atoms with Gasteiger partial charge in [-0.3, -0.25) is 9.36 Å². The first-order valence-electron chi connectivity index (χ1n) is 8.50. The van der Waals surface area contributed by atoms with Crippen LogP contribution >= 0.6 is 0 Å². The number of para-hydroxylation sites is 1. The summed E-state index contributed by atoms with van der Waals surface area (Å²) in [6.07, 6.45) is 7.19. The zero-order chi connectivity index (χ0) is 18.6. The second-order valence-electron chi connectivity index (χ2n) is 5.94. The molecule has 0 amide bonds. The van der Waals surface area contributed by atoms with E-state index in [1.165, 1.54) is 0 Å². The van der Waals surface area contributed by atoms with Crippen LogP contribution in [-0.2, 0) is 0 Å². The molecule has 27 heavy (non-hydrogen) atoms. The van der Waals surface area contributed by atoms with Crippen LogP contribution in [0, 0.1) is 0 Å². The fourth-order valence-corrected chi connectivity index (χ4v) is 2.97. The summed E-state index contributed by atoms with van der Waals surface area (Å²) in [7, 11) is 1.64. The van der Waals surface area contributed by atoms with Gasteiger partial charge in [-0.2, -0.15) is 0 Å². The van der Waals surface area contributed by atoms with Crippen molar-refractivity contribution in [3.63, 3.8) is 0 Å². The Morgan fingerprint density at radius 2 is 1.74 bits per heavy atom. The molecule has 0 atom stereocenters. The molecule has 0 aliphatic carbocycles. The van der Waals surface area contributed by atoms with Gasteiger partial charge < -0.3 is 4.74 Å².